The molecule has 1 fully saturated rings. The van der Waals surface area contributed by atoms with Crippen LogP contribution in [0.25, 0.3) is 0 Å². The zero-order valence-corrected chi connectivity index (χ0v) is 13.4. The Balaban J connectivity index is 2.04. The largest absolute Gasteiger partial charge is 0.339 e. The Hall–Kier alpha value is -2.44. The summed E-state index contributed by atoms with van der Waals surface area (Å²) in [6.07, 6.45) is 3.10. The van der Waals surface area contributed by atoms with Crippen LogP contribution in [0, 0.1) is 10.1 Å². The van der Waals surface area contributed by atoms with Gasteiger partial charge in [0.1, 0.15) is 0 Å². The van der Waals surface area contributed by atoms with Crippen LogP contribution in [-0.4, -0.2) is 41.3 Å². The molecule has 0 bridgehead atoms. The number of anilines is 1. The first-order valence-corrected chi connectivity index (χ1v) is 7.68. The number of carbonyl (C=O) groups excluding carboxylic acids is 2. The summed E-state index contributed by atoms with van der Waals surface area (Å²) in [7, 11) is 1.64. The predicted octanol–water partition coefficient (Wildman–Crippen LogP) is 2.35. The number of carbonyl (C=O) groups is 2. The molecule has 7 nitrogen and oxygen atoms in total. The van der Waals surface area contributed by atoms with E-state index in [-0.39, 0.29) is 30.0 Å². The Kier molecular flexibility index (Phi) is 5.31. The number of nitro groups is 1. The van der Waals surface area contributed by atoms with Crippen molar-refractivity contribution >= 4 is 23.2 Å². The summed E-state index contributed by atoms with van der Waals surface area (Å²) in [4.78, 5) is 37.6. The van der Waals surface area contributed by atoms with Crippen molar-refractivity contribution in [1.29, 1.82) is 0 Å². The first-order valence-electron chi connectivity index (χ1n) is 7.68. The molecule has 1 aliphatic rings. The van der Waals surface area contributed by atoms with E-state index in [9.17, 15) is 19.7 Å². The number of benzene rings is 1. The zero-order valence-electron chi connectivity index (χ0n) is 13.4. The first kappa shape index (κ1) is 16.9. The standard InChI is InChI=1S/C16H21N3O4/c1-12(20)18-10-4-3-5-15(18)11-16(21)17(2)13-6-8-14(9-7-13)19(22)23/h6-9,15H,3-5,10-11H2,1-2H3/t15-/m0/s1. The maximum Gasteiger partial charge on any atom is 0.269 e. The summed E-state index contributed by atoms with van der Waals surface area (Å²) >= 11 is 0. The van der Waals surface area contributed by atoms with Crippen molar-refractivity contribution in [3.05, 3.63) is 34.4 Å². The molecule has 7 heteroatoms. The van der Waals surface area contributed by atoms with Crippen LogP contribution in [0.2, 0.25) is 0 Å². The molecule has 1 atom stereocenters. The molecule has 0 spiro atoms. The van der Waals surface area contributed by atoms with Gasteiger partial charge in [-0.1, -0.05) is 0 Å². The number of piperidine rings is 1. The molecule has 0 saturated carbocycles. The number of nitro benzene ring substituents is 1. The summed E-state index contributed by atoms with van der Waals surface area (Å²) in [5, 5.41) is 10.7. The van der Waals surface area contributed by atoms with Crippen LogP contribution in [-0.2, 0) is 9.59 Å². The Bertz CT molecular complexity index is 600. The van der Waals surface area contributed by atoms with E-state index in [1.807, 2.05) is 0 Å². The SMILES string of the molecule is CC(=O)N1CCCC[C@H]1CC(=O)N(C)c1ccc([N+](=O)[O-])cc1. The number of likely N-dealkylation sites (tertiary alicyclic amines) is 1. The third-order valence-electron chi connectivity index (χ3n) is 4.26. The summed E-state index contributed by atoms with van der Waals surface area (Å²) in [6.45, 7) is 2.23. The van der Waals surface area contributed by atoms with Gasteiger partial charge in [-0.15, -0.1) is 0 Å². The van der Waals surface area contributed by atoms with Gasteiger partial charge in [0, 0.05) is 50.8 Å². The molecule has 0 N–H and O–H groups in total. The van der Waals surface area contributed by atoms with Crippen molar-refractivity contribution in [1.82, 2.24) is 4.90 Å². The number of nitrogens with zero attached hydrogens (tertiary/aromatic N) is 3. The van der Waals surface area contributed by atoms with Gasteiger partial charge in [0.25, 0.3) is 5.69 Å². The molecular weight excluding hydrogens is 298 g/mol. The topological polar surface area (TPSA) is 83.8 Å². The van der Waals surface area contributed by atoms with E-state index in [1.54, 1.807) is 24.1 Å². The van der Waals surface area contributed by atoms with E-state index in [0.717, 1.165) is 19.3 Å². The molecule has 2 rings (SSSR count). The summed E-state index contributed by atoms with van der Waals surface area (Å²) in [5.74, 6) is -0.0995. The number of rotatable bonds is 4. The molecule has 0 radical (unpaired) electrons. The third-order valence-corrected chi connectivity index (χ3v) is 4.26. The minimum Gasteiger partial charge on any atom is -0.339 e. The average molecular weight is 319 g/mol. The molecule has 23 heavy (non-hydrogen) atoms. The highest BCUT2D eigenvalue weighted by molar-refractivity contribution is 5.93. The second-order valence-corrected chi connectivity index (χ2v) is 5.79. The van der Waals surface area contributed by atoms with Crippen LogP contribution in [0.4, 0.5) is 11.4 Å². The van der Waals surface area contributed by atoms with Crippen molar-refractivity contribution < 1.29 is 14.5 Å². The van der Waals surface area contributed by atoms with E-state index >= 15 is 0 Å². The highest BCUT2D eigenvalue weighted by Crippen LogP contribution is 2.23. The molecule has 1 aromatic carbocycles. The van der Waals surface area contributed by atoms with Gasteiger partial charge in [0.15, 0.2) is 0 Å². The van der Waals surface area contributed by atoms with E-state index in [0.29, 0.717) is 12.2 Å². The Labute approximate surface area is 135 Å². The molecular formula is C16H21N3O4. The quantitative estimate of drug-likeness (QED) is 0.630. The third kappa shape index (κ3) is 4.06. The van der Waals surface area contributed by atoms with Crippen molar-refractivity contribution in [3.8, 4) is 0 Å². The van der Waals surface area contributed by atoms with Crippen LogP contribution in [0.5, 0.6) is 0 Å². The van der Waals surface area contributed by atoms with Crippen LogP contribution in [0.1, 0.15) is 32.6 Å². The van der Waals surface area contributed by atoms with Crippen molar-refractivity contribution in [3.63, 3.8) is 0 Å². The van der Waals surface area contributed by atoms with E-state index < -0.39 is 4.92 Å². The second-order valence-electron chi connectivity index (χ2n) is 5.79. The van der Waals surface area contributed by atoms with Gasteiger partial charge in [0.2, 0.25) is 11.8 Å². The van der Waals surface area contributed by atoms with Gasteiger partial charge in [-0.2, -0.15) is 0 Å². The van der Waals surface area contributed by atoms with Crippen molar-refractivity contribution in [2.45, 2.75) is 38.6 Å². The van der Waals surface area contributed by atoms with Crippen LogP contribution in [0.15, 0.2) is 24.3 Å². The van der Waals surface area contributed by atoms with Crippen LogP contribution < -0.4 is 4.90 Å². The number of hydrogen-bond acceptors (Lipinski definition) is 4. The lowest BCUT2D eigenvalue weighted by atomic mass is 9.98. The van der Waals surface area contributed by atoms with Crippen LogP contribution >= 0.6 is 0 Å². The fraction of sp³-hybridized carbons (Fsp3) is 0.500. The molecule has 124 valence electrons. The zero-order chi connectivity index (χ0) is 17.0. The molecule has 1 aromatic rings. The number of hydrogen-bond donors (Lipinski definition) is 0. The minimum atomic E-state index is -0.474. The molecule has 1 aliphatic heterocycles. The van der Waals surface area contributed by atoms with Gasteiger partial charge in [0.05, 0.1) is 4.92 Å². The minimum absolute atomic E-state index is 0.000453. The van der Waals surface area contributed by atoms with E-state index in [2.05, 4.69) is 0 Å². The van der Waals surface area contributed by atoms with Crippen molar-refractivity contribution in [2.24, 2.45) is 0 Å². The molecule has 2 amide bonds. The van der Waals surface area contributed by atoms with Gasteiger partial charge in [-0.05, 0) is 31.4 Å². The van der Waals surface area contributed by atoms with Gasteiger partial charge in [-0.25, -0.2) is 0 Å². The normalized spacial score (nSPS) is 17.7. The smallest absolute Gasteiger partial charge is 0.269 e. The van der Waals surface area contributed by atoms with E-state index in [4.69, 9.17) is 0 Å². The lowest BCUT2D eigenvalue weighted by molar-refractivity contribution is -0.384. The summed E-state index contributed by atoms with van der Waals surface area (Å²) in [5.41, 5.74) is 0.593. The lowest BCUT2D eigenvalue weighted by Crippen LogP contribution is -2.45. The molecule has 1 saturated heterocycles. The first-order chi connectivity index (χ1) is 10.9. The fourth-order valence-corrected chi connectivity index (χ4v) is 2.91. The Morgan fingerprint density at radius 2 is 1.96 bits per heavy atom. The fourth-order valence-electron chi connectivity index (χ4n) is 2.91. The Morgan fingerprint density at radius 3 is 2.52 bits per heavy atom. The monoisotopic (exact) mass is 319 g/mol. The molecule has 0 aliphatic carbocycles. The van der Waals surface area contributed by atoms with Gasteiger partial charge >= 0.3 is 0 Å². The highest BCUT2D eigenvalue weighted by Gasteiger charge is 2.27. The predicted molar refractivity (Wildman–Crippen MR) is 86.1 cm³/mol. The summed E-state index contributed by atoms with van der Waals surface area (Å²) < 4.78 is 0. The molecule has 1 heterocycles. The average Bonchev–Trinajstić information content (AvgIpc) is 2.54. The van der Waals surface area contributed by atoms with E-state index in [1.165, 1.54) is 24.0 Å². The highest BCUT2D eigenvalue weighted by atomic mass is 16.6. The van der Waals surface area contributed by atoms with Gasteiger partial charge < -0.3 is 9.80 Å². The maximum absolute atomic E-state index is 12.5. The maximum atomic E-state index is 12.5. The second kappa shape index (κ2) is 7.21. The summed E-state index contributed by atoms with van der Waals surface area (Å²) in [6, 6.07) is 5.80. The lowest BCUT2D eigenvalue weighted by Gasteiger charge is -2.35. The van der Waals surface area contributed by atoms with Crippen LogP contribution in [0.3, 0.4) is 0 Å². The molecule has 0 unspecified atom stereocenters. The number of amides is 2. The number of non-ortho nitro benzene ring substituents is 1. The Morgan fingerprint density at radius 1 is 1.30 bits per heavy atom. The molecule has 0 aromatic heterocycles. The van der Waals surface area contributed by atoms with Gasteiger partial charge in [-0.3, -0.25) is 19.7 Å². The van der Waals surface area contributed by atoms with Crippen molar-refractivity contribution in [2.75, 3.05) is 18.5 Å².